The number of nitrogens with zero attached hydrogens (tertiary/aromatic N) is 1. The van der Waals surface area contributed by atoms with Crippen molar-refractivity contribution >= 4 is 11.7 Å². The molecule has 2 saturated carbocycles. The molecule has 0 aromatic heterocycles. The Balaban J connectivity index is 1.77. The predicted molar refractivity (Wildman–Crippen MR) is 131 cm³/mol. The Morgan fingerprint density at radius 3 is 2.59 bits per heavy atom. The Labute approximate surface area is 205 Å². The molecule has 0 spiro atoms. The predicted octanol–water partition coefficient (Wildman–Crippen LogP) is 5.26. The van der Waals surface area contributed by atoms with Crippen molar-refractivity contribution in [3.63, 3.8) is 0 Å². The second-order valence-corrected chi connectivity index (χ2v) is 12.5. The zero-order valence-corrected chi connectivity index (χ0v) is 22.6. The van der Waals surface area contributed by atoms with Crippen LogP contribution in [0.4, 0.5) is 0 Å². The molecule has 0 N–H and O–H groups in total. The van der Waals surface area contributed by atoms with Gasteiger partial charge in [0.05, 0.1) is 31.8 Å². The van der Waals surface area contributed by atoms with Gasteiger partial charge in [0.25, 0.3) is 0 Å². The van der Waals surface area contributed by atoms with Crippen molar-refractivity contribution in [2.75, 3.05) is 13.7 Å². The topological polar surface area (TPSA) is 80.1 Å². The van der Waals surface area contributed by atoms with Gasteiger partial charge in [-0.3, -0.25) is 5.21 Å². The molecule has 34 heavy (non-hydrogen) atoms. The maximum Gasteiger partial charge on any atom is 0.330 e. The van der Waals surface area contributed by atoms with E-state index in [1.807, 2.05) is 6.92 Å². The van der Waals surface area contributed by atoms with Crippen LogP contribution >= 0.6 is 0 Å². The monoisotopic (exact) mass is 479 g/mol. The summed E-state index contributed by atoms with van der Waals surface area (Å²) in [5.41, 5.74) is 0.792. The molecule has 7 heteroatoms. The van der Waals surface area contributed by atoms with Crippen LogP contribution in [0, 0.1) is 39.2 Å². The Morgan fingerprint density at radius 2 is 1.97 bits per heavy atom. The first-order valence-corrected chi connectivity index (χ1v) is 12.7. The number of carbonyl (C=O) groups is 1. The highest BCUT2D eigenvalue weighted by molar-refractivity contribution is 5.82. The molecule has 0 amide bonds. The fraction of sp³-hybridized carbons (Fsp3) is 0.852. The highest BCUT2D eigenvalue weighted by atomic mass is 16.9. The quantitative estimate of drug-likeness (QED) is 0.268. The second-order valence-electron chi connectivity index (χ2n) is 12.5. The molecule has 194 valence electrons. The van der Waals surface area contributed by atoms with Crippen LogP contribution in [0.2, 0.25) is 0 Å². The summed E-state index contributed by atoms with van der Waals surface area (Å²) >= 11 is 0. The van der Waals surface area contributed by atoms with Gasteiger partial charge in [-0.05, 0) is 42.4 Å². The van der Waals surface area contributed by atoms with E-state index in [2.05, 4.69) is 53.2 Å². The summed E-state index contributed by atoms with van der Waals surface area (Å²) in [5.74, 6) is -0.0300. The van der Waals surface area contributed by atoms with Gasteiger partial charge in [0.2, 0.25) is 5.71 Å². The van der Waals surface area contributed by atoms with Crippen LogP contribution < -0.4 is 0 Å². The van der Waals surface area contributed by atoms with Crippen LogP contribution in [-0.2, 0) is 23.8 Å². The average Bonchev–Trinajstić information content (AvgIpc) is 3.06. The van der Waals surface area contributed by atoms with E-state index in [9.17, 15) is 10.0 Å². The van der Waals surface area contributed by atoms with E-state index in [0.717, 1.165) is 19.3 Å². The van der Waals surface area contributed by atoms with Gasteiger partial charge in [-0.15, -0.1) is 0 Å². The summed E-state index contributed by atoms with van der Waals surface area (Å²) in [6.07, 6.45) is 6.04. The maximum atomic E-state index is 12.7. The standard InChI is InChI=1S/C27H45NO6/c1-17-19(12-10-11-13-21(29)31-9)18(2)28(30)34-24(17)33-22-20-14-15-27(8,26(20,6)7)23(22)32-16-25(3,4)5/h11,13,17,19-20,22-24H,10,12,14-16H2,1-9H3/b13-11+/t17?,19?,20-,22-,23-,24?,27+/m1/s1. The van der Waals surface area contributed by atoms with Crippen molar-refractivity contribution in [2.45, 2.75) is 99.6 Å². The van der Waals surface area contributed by atoms with Crippen molar-refractivity contribution in [1.29, 1.82) is 0 Å². The van der Waals surface area contributed by atoms with Crippen molar-refractivity contribution < 1.29 is 28.7 Å². The second kappa shape index (κ2) is 9.81. The molecule has 0 radical (unpaired) electrons. The first-order valence-electron chi connectivity index (χ1n) is 12.7. The Morgan fingerprint density at radius 1 is 1.29 bits per heavy atom. The third kappa shape index (κ3) is 5.01. The minimum atomic E-state index is -0.639. The van der Waals surface area contributed by atoms with Gasteiger partial charge in [-0.2, -0.15) is 0 Å². The number of methoxy groups -OCH3 is 1. The number of hydrogen-bond donors (Lipinski definition) is 0. The van der Waals surface area contributed by atoms with Gasteiger partial charge in [-0.1, -0.05) is 54.5 Å². The minimum absolute atomic E-state index is 0.00459. The van der Waals surface area contributed by atoms with Crippen molar-refractivity contribution in [3.8, 4) is 0 Å². The molecule has 0 aromatic rings. The first kappa shape index (κ1) is 27.0. The molecule has 1 heterocycles. The molecule has 7 atom stereocenters. The Kier molecular flexibility index (Phi) is 7.79. The molecular formula is C27H45NO6. The largest absolute Gasteiger partial charge is 0.466 e. The van der Waals surface area contributed by atoms with Gasteiger partial charge in [-0.25, -0.2) is 4.79 Å². The first-order chi connectivity index (χ1) is 15.7. The number of esters is 1. The van der Waals surface area contributed by atoms with Gasteiger partial charge < -0.3 is 19.0 Å². The van der Waals surface area contributed by atoms with Gasteiger partial charge in [0.15, 0.2) is 6.29 Å². The fourth-order valence-corrected chi connectivity index (χ4v) is 6.28. The zero-order valence-electron chi connectivity index (χ0n) is 22.6. The fourth-order valence-electron chi connectivity index (χ4n) is 6.28. The van der Waals surface area contributed by atoms with Crippen molar-refractivity contribution in [3.05, 3.63) is 17.4 Å². The molecule has 2 bridgehead atoms. The summed E-state index contributed by atoms with van der Waals surface area (Å²) < 4.78 is 17.9. The van der Waals surface area contributed by atoms with E-state index in [1.165, 1.54) is 13.2 Å². The van der Waals surface area contributed by atoms with Gasteiger partial charge in [0.1, 0.15) is 0 Å². The molecule has 3 rings (SSSR count). The number of ether oxygens (including phenoxy) is 3. The van der Waals surface area contributed by atoms with Crippen LogP contribution in [0.15, 0.2) is 12.2 Å². The molecular weight excluding hydrogens is 434 g/mol. The molecule has 7 nitrogen and oxygen atoms in total. The Hall–Kier alpha value is -1.60. The minimum Gasteiger partial charge on any atom is -0.466 e. The van der Waals surface area contributed by atoms with Gasteiger partial charge in [0, 0.05) is 29.2 Å². The molecule has 3 aliphatic rings. The molecule has 0 aromatic carbocycles. The summed E-state index contributed by atoms with van der Waals surface area (Å²) in [7, 11) is 1.36. The van der Waals surface area contributed by atoms with Crippen LogP contribution in [0.5, 0.6) is 0 Å². The summed E-state index contributed by atoms with van der Waals surface area (Å²) in [5, 5.41) is 12.7. The molecule has 0 saturated heterocycles. The maximum absolute atomic E-state index is 12.7. The highest BCUT2D eigenvalue weighted by Crippen LogP contribution is 2.67. The SMILES string of the molecule is COC(=O)/C=C/CCC1C(C)=[N+]([O-])OC(O[C@@H]2[C@H]3CC[C@@](C)([C@@H]2OCC(C)(C)C)C3(C)C)C1C. The van der Waals surface area contributed by atoms with E-state index >= 15 is 0 Å². The van der Waals surface area contributed by atoms with Crippen molar-refractivity contribution in [2.24, 2.45) is 34.0 Å². The van der Waals surface area contributed by atoms with E-state index in [-0.39, 0.29) is 46.3 Å². The van der Waals surface area contributed by atoms with Crippen LogP contribution in [-0.4, -0.2) is 48.8 Å². The molecule has 1 aliphatic heterocycles. The molecule has 2 fully saturated rings. The summed E-state index contributed by atoms with van der Waals surface area (Å²) in [6.45, 7) is 18.1. The number of allylic oxidation sites excluding steroid dienone is 1. The van der Waals surface area contributed by atoms with Crippen LogP contribution in [0.1, 0.15) is 81.1 Å². The molecule has 2 aliphatic carbocycles. The Bertz CT molecular complexity index is 812. The van der Waals surface area contributed by atoms with E-state index in [4.69, 9.17) is 14.3 Å². The van der Waals surface area contributed by atoms with E-state index in [0.29, 0.717) is 29.6 Å². The smallest absolute Gasteiger partial charge is 0.330 e. The zero-order chi connectivity index (χ0) is 25.5. The van der Waals surface area contributed by atoms with E-state index < -0.39 is 6.29 Å². The third-order valence-corrected chi connectivity index (χ3v) is 8.87. The lowest BCUT2D eigenvalue weighted by molar-refractivity contribution is -0.777. The van der Waals surface area contributed by atoms with Crippen molar-refractivity contribution in [1.82, 2.24) is 0 Å². The number of carbonyl (C=O) groups excluding carboxylic acids is 1. The summed E-state index contributed by atoms with van der Waals surface area (Å²) in [6, 6.07) is 0. The van der Waals surface area contributed by atoms with Crippen LogP contribution in [0.25, 0.3) is 0 Å². The normalized spacial score (nSPS) is 37.3. The number of rotatable bonds is 8. The lowest BCUT2D eigenvalue weighted by Crippen LogP contribution is -2.50. The lowest BCUT2D eigenvalue weighted by Gasteiger charge is -2.43. The molecule has 3 unspecified atom stereocenters. The highest BCUT2D eigenvalue weighted by Gasteiger charge is 2.68. The summed E-state index contributed by atoms with van der Waals surface area (Å²) in [4.78, 5) is 17.7. The van der Waals surface area contributed by atoms with E-state index in [1.54, 1.807) is 6.08 Å². The average molecular weight is 480 g/mol. The third-order valence-electron chi connectivity index (χ3n) is 8.87. The number of fused-ring (bicyclic) bond motifs is 2. The number of hydrogen-bond acceptors (Lipinski definition) is 6. The lowest BCUT2D eigenvalue weighted by atomic mass is 9.70. The van der Waals surface area contributed by atoms with Crippen LogP contribution in [0.3, 0.4) is 0 Å². The van der Waals surface area contributed by atoms with Gasteiger partial charge >= 0.3 is 5.97 Å².